The molecule has 2 rings (SSSR count). The zero-order chi connectivity index (χ0) is 14.5. The lowest BCUT2D eigenvalue weighted by atomic mass is 9.76. The smallest absolute Gasteiger partial charge is 0.330 e. The van der Waals surface area contributed by atoms with Gasteiger partial charge in [-0.1, -0.05) is 55.7 Å². The second-order valence-electron chi connectivity index (χ2n) is 4.65. The molecule has 2 aliphatic carbocycles. The second-order valence-corrected chi connectivity index (χ2v) is 4.65. The molecule has 2 nitrogen and oxygen atoms in total. The molecule has 0 bridgehead atoms. The first kappa shape index (κ1) is 14.1. The first-order chi connectivity index (χ1) is 9.67. The number of ether oxygens (including phenoxy) is 1. The lowest BCUT2D eigenvalue weighted by Gasteiger charge is -2.29. The highest BCUT2D eigenvalue weighted by Gasteiger charge is 2.26. The van der Waals surface area contributed by atoms with Gasteiger partial charge < -0.3 is 4.74 Å². The normalized spacial score (nSPS) is 20.9. The summed E-state index contributed by atoms with van der Waals surface area (Å²) in [5.74, 6) is -0.264. The summed E-state index contributed by atoms with van der Waals surface area (Å²) in [7, 11) is 0. The van der Waals surface area contributed by atoms with Crippen LogP contribution in [0.4, 0.5) is 0 Å². The number of esters is 1. The fourth-order valence-electron chi connectivity index (χ4n) is 2.39. The van der Waals surface area contributed by atoms with Crippen LogP contribution in [-0.2, 0) is 9.53 Å². The summed E-state index contributed by atoms with van der Waals surface area (Å²) >= 11 is 0. The Hall–Kier alpha value is -2.35. The van der Waals surface area contributed by atoms with Gasteiger partial charge in [-0.15, -0.1) is 0 Å². The van der Waals surface area contributed by atoms with Crippen LogP contribution in [0.15, 0.2) is 84.1 Å². The van der Waals surface area contributed by atoms with Crippen molar-refractivity contribution in [3.8, 4) is 0 Å². The molecule has 0 spiro atoms. The summed E-state index contributed by atoms with van der Waals surface area (Å²) in [5, 5.41) is 0. The van der Waals surface area contributed by atoms with Crippen molar-refractivity contribution in [2.24, 2.45) is 5.92 Å². The van der Waals surface area contributed by atoms with E-state index in [4.69, 9.17) is 4.74 Å². The van der Waals surface area contributed by atoms with E-state index in [1.807, 2.05) is 25.2 Å². The lowest BCUT2D eigenvalue weighted by molar-refractivity contribution is -0.136. The molecule has 0 N–H and O–H groups in total. The van der Waals surface area contributed by atoms with Gasteiger partial charge in [0.15, 0.2) is 0 Å². The molecule has 0 heterocycles. The number of fused-ring (bicyclic) bond motifs is 1. The SMILES string of the molecule is C=CC(=O)OCC1=CC=C2C=CC=C(/C=C\C)C2C1=C. The van der Waals surface area contributed by atoms with Gasteiger partial charge in [0, 0.05) is 12.0 Å². The molecule has 102 valence electrons. The Kier molecular flexibility index (Phi) is 4.36. The summed E-state index contributed by atoms with van der Waals surface area (Å²) in [5.41, 5.74) is 4.34. The van der Waals surface area contributed by atoms with Crippen molar-refractivity contribution in [1.29, 1.82) is 0 Å². The van der Waals surface area contributed by atoms with Crippen molar-refractivity contribution in [2.45, 2.75) is 6.92 Å². The molecule has 2 aliphatic rings. The molecule has 0 radical (unpaired) electrons. The Morgan fingerprint density at radius 1 is 1.40 bits per heavy atom. The first-order valence-electron chi connectivity index (χ1n) is 6.57. The third-order valence-electron chi connectivity index (χ3n) is 3.38. The molecule has 0 aliphatic heterocycles. The first-order valence-corrected chi connectivity index (χ1v) is 6.57. The van der Waals surface area contributed by atoms with Crippen LogP contribution in [-0.4, -0.2) is 12.6 Å². The molecule has 0 aromatic heterocycles. The Labute approximate surface area is 119 Å². The minimum absolute atomic E-state index is 0.152. The molecule has 0 fully saturated rings. The average molecular weight is 266 g/mol. The molecule has 0 saturated heterocycles. The Bertz CT molecular complexity index is 595. The second kappa shape index (κ2) is 6.20. The van der Waals surface area contributed by atoms with Crippen LogP contribution in [0.2, 0.25) is 0 Å². The quantitative estimate of drug-likeness (QED) is 0.571. The number of carbonyl (C=O) groups is 1. The van der Waals surface area contributed by atoms with Gasteiger partial charge in [-0.3, -0.25) is 0 Å². The molecule has 0 amide bonds. The molecule has 0 aromatic carbocycles. The molecule has 1 unspecified atom stereocenters. The summed E-state index contributed by atoms with van der Waals surface area (Å²) < 4.78 is 5.11. The zero-order valence-electron chi connectivity index (χ0n) is 11.6. The van der Waals surface area contributed by atoms with Gasteiger partial charge in [0.1, 0.15) is 6.61 Å². The fraction of sp³-hybridized carbons (Fsp3) is 0.167. The van der Waals surface area contributed by atoms with Crippen LogP contribution in [0.3, 0.4) is 0 Å². The molecule has 20 heavy (non-hydrogen) atoms. The highest BCUT2D eigenvalue weighted by Crippen LogP contribution is 2.38. The predicted molar refractivity (Wildman–Crippen MR) is 82.0 cm³/mol. The van der Waals surface area contributed by atoms with Gasteiger partial charge in [0.2, 0.25) is 0 Å². The maximum absolute atomic E-state index is 11.2. The van der Waals surface area contributed by atoms with Crippen LogP contribution < -0.4 is 0 Å². The third kappa shape index (κ3) is 2.80. The van der Waals surface area contributed by atoms with Crippen molar-refractivity contribution in [3.05, 3.63) is 84.1 Å². The zero-order valence-corrected chi connectivity index (χ0v) is 11.6. The maximum Gasteiger partial charge on any atom is 0.330 e. The summed E-state index contributed by atoms with van der Waals surface area (Å²) in [6.45, 7) is 9.80. The van der Waals surface area contributed by atoms with Gasteiger partial charge in [-0.05, 0) is 29.2 Å². The van der Waals surface area contributed by atoms with E-state index < -0.39 is 5.97 Å². The van der Waals surface area contributed by atoms with E-state index in [0.29, 0.717) is 0 Å². The van der Waals surface area contributed by atoms with Gasteiger partial charge in [0.25, 0.3) is 0 Å². The largest absolute Gasteiger partial charge is 0.458 e. The van der Waals surface area contributed by atoms with Crippen molar-refractivity contribution >= 4 is 5.97 Å². The van der Waals surface area contributed by atoms with Gasteiger partial charge >= 0.3 is 5.97 Å². The average Bonchev–Trinajstić information content (AvgIpc) is 2.46. The highest BCUT2D eigenvalue weighted by atomic mass is 16.5. The van der Waals surface area contributed by atoms with E-state index in [0.717, 1.165) is 11.1 Å². The van der Waals surface area contributed by atoms with Crippen molar-refractivity contribution in [2.75, 3.05) is 6.61 Å². The van der Waals surface area contributed by atoms with Gasteiger partial charge in [-0.2, -0.15) is 0 Å². The monoisotopic (exact) mass is 266 g/mol. The van der Waals surface area contributed by atoms with Crippen LogP contribution in [0.25, 0.3) is 0 Å². The summed E-state index contributed by atoms with van der Waals surface area (Å²) in [6.07, 6.45) is 15.5. The molecule has 2 heteroatoms. The van der Waals surface area contributed by atoms with Crippen LogP contribution in [0.5, 0.6) is 0 Å². The summed E-state index contributed by atoms with van der Waals surface area (Å²) in [4.78, 5) is 11.2. The summed E-state index contributed by atoms with van der Waals surface area (Å²) in [6, 6.07) is 0. The topological polar surface area (TPSA) is 26.3 Å². The van der Waals surface area contributed by atoms with Crippen LogP contribution >= 0.6 is 0 Å². The van der Waals surface area contributed by atoms with E-state index in [1.54, 1.807) is 0 Å². The maximum atomic E-state index is 11.2. The fourth-order valence-corrected chi connectivity index (χ4v) is 2.39. The minimum Gasteiger partial charge on any atom is -0.458 e. The highest BCUT2D eigenvalue weighted by molar-refractivity contribution is 5.81. The minimum atomic E-state index is -0.416. The third-order valence-corrected chi connectivity index (χ3v) is 3.38. The number of hydrogen-bond donors (Lipinski definition) is 0. The number of allylic oxidation sites excluding steroid dienone is 9. The lowest BCUT2D eigenvalue weighted by Crippen LogP contribution is -2.18. The Morgan fingerprint density at radius 2 is 2.20 bits per heavy atom. The van der Waals surface area contributed by atoms with Crippen molar-refractivity contribution in [3.63, 3.8) is 0 Å². The van der Waals surface area contributed by atoms with E-state index in [9.17, 15) is 4.79 Å². The number of carbonyl (C=O) groups excluding carboxylic acids is 1. The predicted octanol–water partition coefficient (Wildman–Crippen LogP) is 3.83. The van der Waals surface area contributed by atoms with Crippen LogP contribution in [0, 0.1) is 5.92 Å². The standard InChI is InChI=1S/C18H18O2/c1-4-7-14-8-6-9-15-10-11-16(13(3)18(14)15)12-20-17(19)5-2/h4-11,18H,2-3,12H2,1H3/b7-4-. The van der Waals surface area contributed by atoms with E-state index >= 15 is 0 Å². The molecular weight excluding hydrogens is 248 g/mol. The van der Waals surface area contributed by atoms with Crippen molar-refractivity contribution in [1.82, 2.24) is 0 Å². The molecule has 1 atom stereocenters. The Balaban J connectivity index is 2.22. The van der Waals surface area contributed by atoms with Crippen molar-refractivity contribution < 1.29 is 9.53 Å². The molecule has 0 saturated carbocycles. The Morgan fingerprint density at radius 3 is 2.90 bits per heavy atom. The van der Waals surface area contributed by atoms with Crippen LogP contribution in [0.1, 0.15) is 6.92 Å². The number of rotatable bonds is 4. The molecule has 0 aromatic rings. The van der Waals surface area contributed by atoms with Gasteiger partial charge in [0.05, 0.1) is 0 Å². The van der Waals surface area contributed by atoms with E-state index in [-0.39, 0.29) is 12.5 Å². The van der Waals surface area contributed by atoms with E-state index in [1.165, 1.54) is 17.2 Å². The van der Waals surface area contributed by atoms with Gasteiger partial charge in [-0.25, -0.2) is 4.79 Å². The van der Waals surface area contributed by atoms with E-state index in [2.05, 4.69) is 37.5 Å². The number of hydrogen-bond acceptors (Lipinski definition) is 2. The molecular formula is C18H18O2.